The Labute approximate surface area is 170 Å². The Morgan fingerprint density at radius 3 is 2.52 bits per heavy atom. The molecule has 9 nitrogen and oxygen atoms in total. The number of para-hydroxylation sites is 1. The van der Waals surface area contributed by atoms with E-state index in [-0.39, 0.29) is 28.3 Å². The van der Waals surface area contributed by atoms with Crippen LogP contribution in [0.4, 0.5) is 0 Å². The van der Waals surface area contributed by atoms with Crippen LogP contribution in [-0.4, -0.2) is 37.4 Å². The average molecular weight is 415 g/mol. The topological polar surface area (TPSA) is 119 Å². The van der Waals surface area contributed by atoms with E-state index in [9.17, 15) is 19.5 Å². The maximum absolute atomic E-state index is 12.8. The molecule has 10 heteroatoms. The number of carboxylic acid groups (broad SMARTS) is 1. The first-order valence-corrected chi connectivity index (χ1v) is 9.66. The molecule has 0 aliphatic heterocycles. The standard InChI is InChI=1S/C19H20N4O5S/c1-5-12(18(25)26)29-16-13-15(22(2)19(27)23(3)17(13)24)20-14(21-16)10-8-6-7-9-11(10)28-4/h6-9,12H,5H2,1-4H3,(H,25,26)/p-1/t12-/m0/s1. The molecule has 0 amide bonds. The SMILES string of the molecule is CC[C@H](Sc1nc(-c2ccccc2OC)nc2c1c(=O)n(C)c(=O)n2C)C(=O)[O-]. The van der Waals surface area contributed by atoms with E-state index in [1.54, 1.807) is 31.2 Å². The number of rotatable bonds is 6. The molecule has 0 saturated carbocycles. The Kier molecular flexibility index (Phi) is 5.73. The number of benzene rings is 1. The lowest BCUT2D eigenvalue weighted by molar-refractivity contribution is -0.304. The lowest BCUT2D eigenvalue weighted by Gasteiger charge is -2.17. The van der Waals surface area contributed by atoms with E-state index < -0.39 is 22.5 Å². The van der Waals surface area contributed by atoms with Crippen LogP contribution in [0, 0.1) is 0 Å². The van der Waals surface area contributed by atoms with E-state index in [4.69, 9.17) is 4.74 Å². The van der Waals surface area contributed by atoms with Gasteiger partial charge in [0.05, 0.1) is 23.9 Å². The number of fused-ring (bicyclic) bond motifs is 1. The first-order valence-electron chi connectivity index (χ1n) is 8.78. The third-order valence-electron chi connectivity index (χ3n) is 4.50. The van der Waals surface area contributed by atoms with Gasteiger partial charge in [-0.15, -0.1) is 0 Å². The summed E-state index contributed by atoms with van der Waals surface area (Å²) < 4.78 is 7.54. The van der Waals surface area contributed by atoms with E-state index in [0.717, 1.165) is 16.3 Å². The summed E-state index contributed by atoms with van der Waals surface area (Å²) in [5, 5.41) is 10.8. The van der Waals surface area contributed by atoms with Gasteiger partial charge in [0.25, 0.3) is 5.56 Å². The van der Waals surface area contributed by atoms with Gasteiger partial charge in [0.2, 0.25) is 0 Å². The van der Waals surface area contributed by atoms with E-state index in [2.05, 4.69) is 9.97 Å². The molecular formula is C19H19N4O5S-. The number of aromatic nitrogens is 4. The zero-order valence-electron chi connectivity index (χ0n) is 16.3. The Hall–Kier alpha value is -3.14. The minimum Gasteiger partial charge on any atom is -0.549 e. The monoisotopic (exact) mass is 415 g/mol. The summed E-state index contributed by atoms with van der Waals surface area (Å²) in [7, 11) is 4.35. The Morgan fingerprint density at radius 2 is 1.90 bits per heavy atom. The van der Waals surface area contributed by atoms with Crippen molar-refractivity contribution in [1.82, 2.24) is 19.1 Å². The number of carbonyl (C=O) groups is 1. The molecule has 152 valence electrons. The summed E-state index contributed by atoms with van der Waals surface area (Å²) >= 11 is 0.903. The summed E-state index contributed by atoms with van der Waals surface area (Å²) in [6.07, 6.45) is 0.272. The number of carboxylic acids is 1. The maximum atomic E-state index is 12.8. The highest BCUT2D eigenvalue weighted by molar-refractivity contribution is 8.00. The van der Waals surface area contributed by atoms with E-state index in [1.807, 2.05) is 0 Å². The first-order chi connectivity index (χ1) is 13.8. The fourth-order valence-electron chi connectivity index (χ4n) is 2.90. The Bertz CT molecular complexity index is 1220. The average Bonchev–Trinajstić information content (AvgIpc) is 2.73. The normalized spacial score (nSPS) is 12.1. The molecule has 1 aromatic carbocycles. The van der Waals surface area contributed by atoms with Crippen molar-refractivity contribution in [2.45, 2.75) is 23.6 Å². The van der Waals surface area contributed by atoms with Crippen LogP contribution in [0.2, 0.25) is 0 Å². The molecule has 0 fully saturated rings. The van der Waals surface area contributed by atoms with E-state index in [1.165, 1.54) is 25.8 Å². The third kappa shape index (κ3) is 3.63. The van der Waals surface area contributed by atoms with Crippen molar-refractivity contribution in [3.05, 3.63) is 45.1 Å². The number of ether oxygens (including phenoxy) is 1. The van der Waals surface area contributed by atoms with Gasteiger partial charge in [-0.05, 0) is 18.6 Å². The van der Waals surface area contributed by atoms with Crippen molar-refractivity contribution in [2.24, 2.45) is 14.1 Å². The van der Waals surface area contributed by atoms with Crippen molar-refractivity contribution in [3.8, 4) is 17.1 Å². The summed E-state index contributed by atoms with van der Waals surface area (Å²) in [6, 6.07) is 7.03. The van der Waals surface area contributed by atoms with Gasteiger partial charge in [-0.2, -0.15) is 0 Å². The molecule has 2 aromatic heterocycles. The molecule has 0 saturated heterocycles. The van der Waals surface area contributed by atoms with Crippen LogP contribution in [-0.2, 0) is 18.9 Å². The second-order valence-corrected chi connectivity index (χ2v) is 7.48. The van der Waals surface area contributed by atoms with Gasteiger partial charge in [-0.1, -0.05) is 30.8 Å². The number of methoxy groups -OCH3 is 1. The molecule has 0 radical (unpaired) electrons. The van der Waals surface area contributed by atoms with Crippen LogP contribution in [0.25, 0.3) is 22.4 Å². The van der Waals surface area contributed by atoms with Crippen molar-refractivity contribution < 1.29 is 14.6 Å². The number of carbonyl (C=O) groups excluding carboxylic acids is 1. The zero-order valence-corrected chi connectivity index (χ0v) is 17.1. The smallest absolute Gasteiger partial charge is 0.332 e. The quantitative estimate of drug-likeness (QED) is 0.417. The van der Waals surface area contributed by atoms with Gasteiger partial charge in [0.1, 0.15) is 16.2 Å². The third-order valence-corrected chi connectivity index (χ3v) is 5.83. The predicted molar refractivity (Wildman–Crippen MR) is 107 cm³/mol. The molecule has 0 unspecified atom stereocenters. The molecule has 0 N–H and O–H groups in total. The zero-order chi connectivity index (χ0) is 21.3. The maximum Gasteiger partial charge on any atom is 0.332 e. The second kappa shape index (κ2) is 8.08. The molecule has 0 spiro atoms. The highest BCUT2D eigenvalue weighted by Crippen LogP contribution is 2.32. The number of hydrogen-bond donors (Lipinski definition) is 0. The minimum atomic E-state index is -1.26. The summed E-state index contributed by atoms with van der Waals surface area (Å²) in [6.45, 7) is 1.70. The fraction of sp³-hybridized carbons (Fsp3) is 0.316. The molecule has 0 aliphatic rings. The molecule has 0 bridgehead atoms. The van der Waals surface area contributed by atoms with Crippen molar-refractivity contribution in [3.63, 3.8) is 0 Å². The molecule has 29 heavy (non-hydrogen) atoms. The van der Waals surface area contributed by atoms with Crippen LogP contribution >= 0.6 is 11.8 Å². The van der Waals surface area contributed by atoms with Crippen molar-refractivity contribution >= 4 is 28.8 Å². The number of nitrogens with zero attached hydrogens (tertiary/aromatic N) is 4. The van der Waals surface area contributed by atoms with E-state index in [0.29, 0.717) is 11.3 Å². The molecule has 1 atom stereocenters. The van der Waals surface area contributed by atoms with Crippen molar-refractivity contribution in [1.29, 1.82) is 0 Å². The highest BCUT2D eigenvalue weighted by Gasteiger charge is 2.22. The molecule has 3 rings (SSSR count). The van der Waals surface area contributed by atoms with Gasteiger partial charge in [-0.25, -0.2) is 14.8 Å². The van der Waals surface area contributed by atoms with Gasteiger partial charge in [0, 0.05) is 14.1 Å². The lowest BCUT2D eigenvalue weighted by atomic mass is 10.2. The fourth-order valence-corrected chi connectivity index (χ4v) is 3.86. The van der Waals surface area contributed by atoms with Gasteiger partial charge in [0.15, 0.2) is 11.5 Å². The van der Waals surface area contributed by atoms with Crippen LogP contribution < -0.4 is 21.1 Å². The second-order valence-electron chi connectivity index (χ2n) is 6.29. The number of aryl methyl sites for hydroxylation is 1. The molecular weight excluding hydrogens is 396 g/mol. The van der Waals surface area contributed by atoms with Crippen LogP contribution in [0.1, 0.15) is 13.3 Å². The Balaban J connectivity index is 2.41. The Morgan fingerprint density at radius 1 is 1.21 bits per heavy atom. The van der Waals surface area contributed by atoms with Crippen molar-refractivity contribution in [2.75, 3.05) is 7.11 Å². The molecule has 2 heterocycles. The summed E-state index contributed by atoms with van der Waals surface area (Å²) in [5.41, 5.74) is -0.474. The number of hydrogen-bond acceptors (Lipinski definition) is 8. The highest BCUT2D eigenvalue weighted by atomic mass is 32.2. The number of aliphatic carboxylic acids is 1. The molecule has 3 aromatic rings. The molecule has 0 aliphatic carbocycles. The first kappa shape index (κ1) is 20.6. The van der Waals surface area contributed by atoms with Crippen LogP contribution in [0.5, 0.6) is 5.75 Å². The lowest BCUT2D eigenvalue weighted by Crippen LogP contribution is -2.38. The van der Waals surface area contributed by atoms with Gasteiger partial charge >= 0.3 is 5.69 Å². The van der Waals surface area contributed by atoms with Gasteiger partial charge < -0.3 is 14.6 Å². The number of thioether (sulfide) groups is 1. The van der Waals surface area contributed by atoms with Crippen LogP contribution in [0.3, 0.4) is 0 Å². The summed E-state index contributed by atoms with van der Waals surface area (Å²) in [4.78, 5) is 45.6. The van der Waals surface area contributed by atoms with Crippen LogP contribution in [0.15, 0.2) is 38.9 Å². The van der Waals surface area contributed by atoms with Gasteiger partial charge in [-0.3, -0.25) is 13.9 Å². The largest absolute Gasteiger partial charge is 0.549 e. The van der Waals surface area contributed by atoms with E-state index >= 15 is 0 Å². The summed E-state index contributed by atoms with van der Waals surface area (Å²) in [5.74, 6) is -0.540. The predicted octanol–water partition coefficient (Wildman–Crippen LogP) is 0.323. The minimum absolute atomic E-state index is 0.0814.